The Hall–Kier alpha value is -1.70. The highest BCUT2D eigenvalue weighted by Crippen LogP contribution is 2.15. The molecule has 0 spiro atoms. The first kappa shape index (κ1) is 15.4. The Morgan fingerprint density at radius 2 is 2.11 bits per heavy atom. The third-order valence-corrected chi connectivity index (χ3v) is 2.74. The van der Waals surface area contributed by atoms with Gasteiger partial charge in [-0.3, -0.25) is 4.79 Å². The van der Waals surface area contributed by atoms with Gasteiger partial charge in [0, 0.05) is 19.6 Å². The Morgan fingerprint density at radius 1 is 1.42 bits per heavy atom. The van der Waals surface area contributed by atoms with Crippen molar-refractivity contribution in [2.24, 2.45) is 5.92 Å². The van der Waals surface area contributed by atoms with E-state index in [9.17, 15) is 9.59 Å². The molecular formula is C14H22N2O3. The zero-order valence-electron chi connectivity index (χ0n) is 12.1. The molecule has 0 aromatic rings. The summed E-state index contributed by atoms with van der Waals surface area (Å²) in [5, 5.41) is 2.74. The average molecular weight is 266 g/mol. The van der Waals surface area contributed by atoms with Gasteiger partial charge in [0.05, 0.1) is 0 Å². The van der Waals surface area contributed by atoms with Crippen molar-refractivity contribution in [1.29, 1.82) is 0 Å². The molecule has 0 aromatic carbocycles. The summed E-state index contributed by atoms with van der Waals surface area (Å²) in [4.78, 5) is 24.8. The van der Waals surface area contributed by atoms with Gasteiger partial charge in [0.2, 0.25) is 0 Å². The molecule has 0 radical (unpaired) electrons. The topological polar surface area (TPSA) is 58.6 Å². The molecule has 1 atom stereocenters. The van der Waals surface area contributed by atoms with Gasteiger partial charge in [0.15, 0.2) is 0 Å². The maximum atomic E-state index is 11.6. The van der Waals surface area contributed by atoms with Crippen LogP contribution in [0.25, 0.3) is 0 Å². The summed E-state index contributed by atoms with van der Waals surface area (Å²) in [7, 11) is 0. The van der Waals surface area contributed by atoms with Gasteiger partial charge >= 0.3 is 6.09 Å². The molecule has 19 heavy (non-hydrogen) atoms. The molecule has 1 aliphatic rings. The van der Waals surface area contributed by atoms with Crippen molar-refractivity contribution in [3.8, 4) is 11.8 Å². The maximum absolute atomic E-state index is 11.6. The molecule has 1 rings (SSSR count). The molecule has 1 N–H and O–H groups in total. The summed E-state index contributed by atoms with van der Waals surface area (Å²) in [5.74, 6) is 5.27. The van der Waals surface area contributed by atoms with Crippen LogP contribution in [0.2, 0.25) is 0 Å². The van der Waals surface area contributed by atoms with Crippen molar-refractivity contribution in [3.63, 3.8) is 0 Å². The molecule has 1 heterocycles. The van der Waals surface area contributed by atoms with E-state index in [1.807, 2.05) is 20.8 Å². The summed E-state index contributed by atoms with van der Waals surface area (Å²) in [5.41, 5.74) is -0.488. The molecule has 1 aliphatic heterocycles. The van der Waals surface area contributed by atoms with Crippen LogP contribution < -0.4 is 5.32 Å². The number of likely N-dealkylation sites (tertiary alicyclic amines) is 1. The standard InChI is InChI=1S/C14H22N2O3/c1-5-6-12(17)16-8-7-11(10-16)9-15-13(18)19-14(2,3)4/h11H,7-10H2,1-4H3,(H,15,18)/t11-/m1/s1. The van der Waals surface area contributed by atoms with Gasteiger partial charge in [0.1, 0.15) is 5.60 Å². The predicted molar refractivity (Wildman–Crippen MR) is 72.4 cm³/mol. The van der Waals surface area contributed by atoms with Crippen LogP contribution in [0.4, 0.5) is 4.79 Å². The summed E-state index contributed by atoms with van der Waals surface area (Å²) < 4.78 is 5.16. The van der Waals surface area contributed by atoms with Gasteiger partial charge in [-0.25, -0.2) is 4.79 Å². The number of rotatable bonds is 2. The van der Waals surface area contributed by atoms with Crippen LogP contribution in [0.15, 0.2) is 0 Å². The maximum Gasteiger partial charge on any atom is 0.407 e. The number of carbonyl (C=O) groups is 2. The van der Waals surface area contributed by atoms with Crippen LogP contribution in [0, 0.1) is 17.8 Å². The quantitative estimate of drug-likeness (QED) is 0.768. The van der Waals surface area contributed by atoms with Crippen LogP contribution in [0.5, 0.6) is 0 Å². The zero-order chi connectivity index (χ0) is 14.5. The highest BCUT2D eigenvalue weighted by molar-refractivity contribution is 5.93. The molecule has 0 unspecified atom stereocenters. The van der Waals surface area contributed by atoms with Gasteiger partial charge in [0.25, 0.3) is 5.91 Å². The first-order chi connectivity index (χ1) is 8.81. The van der Waals surface area contributed by atoms with E-state index in [-0.39, 0.29) is 11.8 Å². The number of hydrogen-bond acceptors (Lipinski definition) is 3. The number of hydrogen-bond donors (Lipinski definition) is 1. The van der Waals surface area contributed by atoms with Crippen LogP contribution >= 0.6 is 0 Å². The molecule has 5 heteroatoms. The Labute approximate surface area is 114 Å². The minimum atomic E-state index is -0.488. The second-order valence-electron chi connectivity index (χ2n) is 5.66. The molecule has 0 aromatic heterocycles. The first-order valence-electron chi connectivity index (χ1n) is 6.50. The van der Waals surface area contributed by atoms with Crippen molar-refractivity contribution < 1.29 is 14.3 Å². The lowest BCUT2D eigenvalue weighted by Gasteiger charge is -2.20. The van der Waals surface area contributed by atoms with Gasteiger partial charge in [-0.15, -0.1) is 0 Å². The van der Waals surface area contributed by atoms with Gasteiger partial charge in [-0.2, -0.15) is 0 Å². The number of alkyl carbamates (subject to hydrolysis) is 1. The predicted octanol–water partition coefficient (Wildman–Crippen LogP) is 1.38. The second-order valence-corrected chi connectivity index (χ2v) is 5.66. The summed E-state index contributed by atoms with van der Waals surface area (Å²) in [6, 6.07) is 0. The lowest BCUT2D eigenvalue weighted by Crippen LogP contribution is -2.36. The SMILES string of the molecule is CC#CC(=O)N1CC[C@H](CNC(=O)OC(C)(C)C)C1. The third kappa shape index (κ3) is 5.64. The third-order valence-electron chi connectivity index (χ3n) is 2.74. The highest BCUT2D eigenvalue weighted by Gasteiger charge is 2.26. The Balaban J connectivity index is 2.31. The molecule has 5 nitrogen and oxygen atoms in total. The molecule has 2 amide bonds. The van der Waals surface area contributed by atoms with Crippen molar-refractivity contribution in [3.05, 3.63) is 0 Å². The number of nitrogens with zero attached hydrogens (tertiary/aromatic N) is 1. The smallest absolute Gasteiger partial charge is 0.407 e. The van der Waals surface area contributed by atoms with Crippen LogP contribution in [0.1, 0.15) is 34.1 Å². The van der Waals surface area contributed by atoms with E-state index in [0.29, 0.717) is 19.6 Å². The van der Waals surface area contributed by atoms with Crippen LogP contribution in [-0.4, -0.2) is 42.1 Å². The molecule has 0 bridgehead atoms. The van der Waals surface area contributed by atoms with Crippen molar-refractivity contribution >= 4 is 12.0 Å². The largest absolute Gasteiger partial charge is 0.444 e. The zero-order valence-corrected chi connectivity index (χ0v) is 12.1. The highest BCUT2D eigenvalue weighted by atomic mass is 16.6. The molecule has 1 fully saturated rings. The van der Waals surface area contributed by atoms with E-state index in [1.165, 1.54) is 0 Å². The van der Waals surface area contributed by atoms with Gasteiger partial charge in [-0.1, -0.05) is 5.92 Å². The Kier molecular flexibility index (Phi) is 5.22. The van der Waals surface area contributed by atoms with Gasteiger partial charge < -0.3 is 15.0 Å². The van der Waals surface area contributed by atoms with Crippen molar-refractivity contribution in [2.75, 3.05) is 19.6 Å². The molecule has 0 aliphatic carbocycles. The second kappa shape index (κ2) is 6.46. The molecule has 0 saturated carbocycles. The van der Waals surface area contributed by atoms with Crippen molar-refractivity contribution in [1.82, 2.24) is 10.2 Å². The fourth-order valence-electron chi connectivity index (χ4n) is 1.91. The van der Waals surface area contributed by atoms with E-state index in [2.05, 4.69) is 17.2 Å². The molecule has 1 saturated heterocycles. The Bertz CT molecular complexity index is 401. The van der Waals surface area contributed by atoms with Gasteiger partial charge in [-0.05, 0) is 46.0 Å². The lowest BCUT2D eigenvalue weighted by molar-refractivity contribution is -0.124. The van der Waals surface area contributed by atoms with Crippen LogP contribution in [0.3, 0.4) is 0 Å². The lowest BCUT2D eigenvalue weighted by atomic mass is 10.1. The van der Waals surface area contributed by atoms with Crippen LogP contribution in [-0.2, 0) is 9.53 Å². The van der Waals surface area contributed by atoms with E-state index < -0.39 is 11.7 Å². The first-order valence-corrected chi connectivity index (χ1v) is 6.50. The minimum absolute atomic E-state index is 0.137. The molecular weight excluding hydrogens is 244 g/mol. The number of amides is 2. The monoisotopic (exact) mass is 266 g/mol. The summed E-state index contributed by atoms with van der Waals surface area (Å²) in [6.45, 7) is 9.00. The summed E-state index contributed by atoms with van der Waals surface area (Å²) >= 11 is 0. The number of carbonyl (C=O) groups excluding carboxylic acids is 2. The fourth-order valence-corrected chi connectivity index (χ4v) is 1.91. The minimum Gasteiger partial charge on any atom is -0.444 e. The van der Waals surface area contributed by atoms with E-state index >= 15 is 0 Å². The number of nitrogens with one attached hydrogen (secondary N) is 1. The fraction of sp³-hybridized carbons (Fsp3) is 0.714. The molecule has 106 valence electrons. The average Bonchev–Trinajstić information content (AvgIpc) is 2.73. The van der Waals surface area contributed by atoms with E-state index in [1.54, 1.807) is 11.8 Å². The van der Waals surface area contributed by atoms with E-state index in [4.69, 9.17) is 4.74 Å². The van der Waals surface area contributed by atoms with E-state index in [0.717, 1.165) is 6.42 Å². The normalized spacial score (nSPS) is 18.5. The van der Waals surface area contributed by atoms with Crippen molar-refractivity contribution in [2.45, 2.75) is 39.7 Å². The summed E-state index contributed by atoms with van der Waals surface area (Å²) in [6.07, 6.45) is 0.470. The number of ether oxygens (including phenoxy) is 1. The Morgan fingerprint density at radius 3 is 2.68 bits per heavy atom.